The van der Waals surface area contributed by atoms with Gasteiger partial charge in [0, 0.05) is 5.69 Å². The van der Waals surface area contributed by atoms with E-state index in [4.69, 9.17) is 11.6 Å². The Kier molecular flexibility index (Phi) is 4.10. The number of amides is 2. The number of carbonyl (C=O) groups is 2. The Morgan fingerprint density at radius 1 is 1.11 bits per heavy atom. The Hall–Kier alpha value is -2.18. The summed E-state index contributed by atoms with van der Waals surface area (Å²) in [6.45, 7) is 0. The lowest BCUT2D eigenvalue weighted by molar-refractivity contribution is -0.113. The molecule has 0 bridgehead atoms. The Morgan fingerprint density at radius 3 is 2.46 bits per heavy atom. The van der Waals surface area contributed by atoms with Crippen LogP contribution in [0.1, 0.15) is 45.5 Å². The van der Waals surface area contributed by atoms with Gasteiger partial charge in [-0.2, -0.15) is 4.36 Å². The standard InChI is InChI=1S/C21H19ClN2O3S/c22-16-8-3-9-17-19(16)21(26)24-28(17,27)11-18(25)23-20-14-6-1-4-12(14)10-13-5-2-7-15(13)20/h3,8-10H,1-2,4-7,11H2,(H,23,25). The normalized spacial score (nSPS) is 21.8. The van der Waals surface area contributed by atoms with Gasteiger partial charge in [-0.25, -0.2) is 4.21 Å². The van der Waals surface area contributed by atoms with Crippen LogP contribution in [0.25, 0.3) is 0 Å². The maximum Gasteiger partial charge on any atom is 0.288 e. The van der Waals surface area contributed by atoms with E-state index in [0.717, 1.165) is 44.2 Å². The van der Waals surface area contributed by atoms with Crippen LogP contribution in [-0.4, -0.2) is 21.8 Å². The first-order valence-corrected chi connectivity index (χ1v) is 11.6. The van der Waals surface area contributed by atoms with E-state index in [1.165, 1.54) is 22.3 Å². The number of hydrogen-bond donors (Lipinski definition) is 1. The SMILES string of the molecule is O=C(CS1(=O)=NC(=O)c2c(Cl)cccc21)Nc1c2c(cc3c1CCC3)CCC2. The third-order valence-corrected chi connectivity index (χ3v) is 8.28. The number of benzene rings is 2. The number of carbonyl (C=O) groups excluding carboxylic acids is 2. The molecule has 1 aliphatic heterocycles. The van der Waals surface area contributed by atoms with E-state index < -0.39 is 15.6 Å². The summed E-state index contributed by atoms with van der Waals surface area (Å²) >= 11 is 6.08. The Morgan fingerprint density at radius 2 is 1.79 bits per heavy atom. The second-order valence-electron chi connectivity index (χ2n) is 7.58. The predicted octanol–water partition coefficient (Wildman–Crippen LogP) is 3.94. The van der Waals surface area contributed by atoms with Crippen molar-refractivity contribution >= 4 is 38.8 Å². The fourth-order valence-electron chi connectivity index (χ4n) is 4.64. The van der Waals surface area contributed by atoms with Crippen LogP contribution in [0.5, 0.6) is 0 Å². The highest BCUT2D eigenvalue weighted by Gasteiger charge is 2.33. The van der Waals surface area contributed by atoms with Crippen LogP contribution in [0.4, 0.5) is 5.69 Å². The molecule has 1 N–H and O–H groups in total. The van der Waals surface area contributed by atoms with Crippen molar-refractivity contribution in [2.24, 2.45) is 4.36 Å². The van der Waals surface area contributed by atoms with Crippen molar-refractivity contribution in [3.8, 4) is 0 Å². The van der Waals surface area contributed by atoms with Crippen LogP contribution in [0.2, 0.25) is 5.02 Å². The average Bonchev–Trinajstić information content (AvgIpc) is 3.34. The number of halogens is 1. The fraction of sp³-hybridized carbons (Fsp3) is 0.333. The number of rotatable bonds is 3. The van der Waals surface area contributed by atoms with Crippen molar-refractivity contribution in [2.75, 3.05) is 11.1 Å². The maximum absolute atomic E-state index is 13.3. The minimum Gasteiger partial charge on any atom is -0.325 e. The van der Waals surface area contributed by atoms with E-state index in [0.29, 0.717) is 0 Å². The molecule has 0 fully saturated rings. The summed E-state index contributed by atoms with van der Waals surface area (Å²) < 4.78 is 17.2. The van der Waals surface area contributed by atoms with E-state index in [9.17, 15) is 13.8 Å². The molecule has 7 heteroatoms. The Bertz CT molecular complexity index is 1150. The van der Waals surface area contributed by atoms with Gasteiger partial charge in [-0.1, -0.05) is 23.7 Å². The van der Waals surface area contributed by atoms with Crippen molar-refractivity contribution in [1.82, 2.24) is 0 Å². The highest BCUT2D eigenvalue weighted by molar-refractivity contribution is 7.95. The van der Waals surface area contributed by atoms with Gasteiger partial charge in [-0.05, 0) is 72.9 Å². The van der Waals surface area contributed by atoms with Gasteiger partial charge < -0.3 is 5.32 Å². The molecule has 2 amide bonds. The zero-order valence-corrected chi connectivity index (χ0v) is 16.8. The predicted molar refractivity (Wildman–Crippen MR) is 109 cm³/mol. The molecule has 5 nitrogen and oxygen atoms in total. The second-order valence-corrected chi connectivity index (χ2v) is 10.2. The first-order valence-electron chi connectivity index (χ1n) is 9.50. The van der Waals surface area contributed by atoms with Crippen LogP contribution in [0.3, 0.4) is 0 Å². The number of nitrogens with zero attached hydrogens (tertiary/aromatic N) is 1. The molecule has 1 unspecified atom stereocenters. The minimum atomic E-state index is -3.15. The van der Waals surface area contributed by atoms with Gasteiger partial charge in [0.2, 0.25) is 5.91 Å². The van der Waals surface area contributed by atoms with Gasteiger partial charge in [0.1, 0.15) is 5.75 Å². The lowest BCUT2D eigenvalue weighted by atomic mass is 9.98. The zero-order valence-electron chi connectivity index (χ0n) is 15.2. The number of nitrogens with one attached hydrogen (secondary N) is 1. The third-order valence-electron chi connectivity index (χ3n) is 5.83. The smallest absolute Gasteiger partial charge is 0.288 e. The molecule has 2 aliphatic carbocycles. The summed E-state index contributed by atoms with van der Waals surface area (Å²) in [6.07, 6.45) is 6.17. The fourth-order valence-corrected chi connectivity index (χ4v) is 6.86. The molecule has 1 atom stereocenters. The summed E-state index contributed by atoms with van der Waals surface area (Å²) in [6, 6.07) is 7.06. The van der Waals surface area contributed by atoms with Gasteiger partial charge in [-0.3, -0.25) is 9.59 Å². The third kappa shape index (κ3) is 2.70. The molecule has 0 spiro atoms. The molecule has 3 aliphatic rings. The van der Waals surface area contributed by atoms with E-state index >= 15 is 0 Å². The molecule has 0 radical (unpaired) electrons. The topological polar surface area (TPSA) is 75.6 Å². The summed E-state index contributed by atoms with van der Waals surface area (Å²) in [4.78, 5) is 25.3. The van der Waals surface area contributed by atoms with Gasteiger partial charge in [0.05, 0.1) is 25.2 Å². The van der Waals surface area contributed by atoms with E-state index in [2.05, 4.69) is 15.7 Å². The van der Waals surface area contributed by atoms with Crippen molar-refractivity contribution < 1.29 is 13.8 Å². The van der Waals surface area contributed by atoms with E-state index in [-0.39, 0.29) is 27.1 Å². The summed E-state index contributed by atoms with van der Waals surface area (Å²) in [7, 11) is -3.15. The lowest BCUT2D eigenvalue weighted by Gasteiger charge is -2.16. The second kappa shape index (κ2) is 6.42. The summed E-state index contributed by atoms with van der Waals surface area (Å²) in [5.41, 5.74) is 6.13. The molecule has 1 heterocycles. The molecule has 0 aromatic heterocycles. The Balaban J connectivity index is 1.48. The number of anilines is 1. The highest BCUT2D eigenvalue weighted by atomic mass is 35.5. The molecule has 0 saturated carbocycles. The zero-order chi connectivity index (χ0) is 19.5. The van der Waals surface area contributed by atoms with E-state index in [1.807, 2.05) is 0 Å². The monoisotopic (exact) mass is 414 g/mol. The van der Waals surface area contributed by atoms with Crippen LogP contribution < -0.4 is 5.32 Å². The number of aryl methyl sites for hydroxylation is 2. The largest absolute Gasteiger partial charge is 0.325 e. The molecular weight excluding hydrogens is 396 g/mol. The Labute approximate surface area is 168 Å². The molecule has 2 aromatic rings. The van der Waals surface area contributed by atoms with Gasteiger partial charge in [0.15, 0.2) is 0 Å². The minimum absolute atomic E-state index is 0.156. The van der Waals surface area contributed by atoms with Crippen LogP contribution in [-0.2, 0) is 40.2 Å². The number of hydrogen-bond acceptors (Lipinski definition) is 3. The molecular formula is C21H19ClN2O3S. The van der Waals surface area contributed by atoms with Gasteiger partial charge >= 0.3 is 0 Å². The van der Waals surface area contributed by atoms with Gasteiger partial charge in [0.25, 0.3) is 5.91 Å². The first-order chi connectivity index (χ1) is 13.5. The van der Waals surface area contributed by atoms with Gasteiger partial charge in [-0.15, -0.1) is 0 Å². The quantitative estimate of drug-likeness (QED) is 0.826. The van der Waals surface area contributed by atoms with Crippen molar-refractivity contribution in [1.29, 1.82) is 0 Å². The molecule has 2 aromatic carbocycles. The molecule has 5 rings (SSSR count). The number of fused-ring (bicyclic) bond motifs is 3. The van der Waals surface area contributed by atoms with E-state index in [1.54, 1.807) is 18.2 Å². The summed E-state index contributed by atoms with van der Waals surface area (Å²) in [5, 5.41) is 3.25. The summed E-state index contributed by atoms with van der Waals surface area (Å²) in [5.74, 6) is -1.33. The van der Waals surface area contributed by atoms with Crippen LogP contribution in [0.15, 0.2) is 33.5 Å². The van der Waals surface area contributed by atoms with Crippen LogP contribution >= 0.6 is 11.6 Å². The van der Waals surface area contributed by atoms with Crippen molar-refractivity contribution in [3.63, 3.8) is 0 Å². The average molecular weight is 415 g/mol. The lowest BCUT2D eigenvalue weighted by Crippen LogP contribution is -2.23. The van der Waals surface area contributed by atoms with Crippen molar-refractivity contribution in [3.05, 3.63) is 57.1 Å². The molecule has 144 valence electrons. The molecule has 0 saturated heterocycles. The first kappa shape index (κ1) is 17.9. The van der Waals surface area contributed by atoms with Crippen LogP contribution in [0, 0.1) is 0 Å². The maximum atomic E-state index is 13.3. The molecule has 28 heavy (non-hydrogen) atoms. The highest BCUT2D eigenvalue weighted by Crippen LogP contribution is 2.39. The van der Waals surface area contributed by atoms with Crippen molar-refractivity contribution in [2.45, 2.75) is 43.4 Å².